The van der Waals surface area contributed by atoms with E-state index in [2.05, 4.69) is 6.92 Å². The largest absolute Gasteiger partial charge is 0.335 e. The highest BCUT2D eigenvalue weighted by Crippen LogP contribution is 2.43. The minimum atomic E-state index is -0.0879. The number of nitrogens with two attached hydrogens (primary N) is 1. The molecule has 3 heteroatoms. The van der Waals surface area contributed by atoms with Crippen LogP contribution in [-0.2, 0) is 0 Å². The van der Waals surface area contributed by atoms with Crippen molar-refractivity contribution in [3.63, 3.8) is 0 Å². The summed E-state index contributed by atoms with van der Waals surface area (Å²) in [6.07, 6.45) is 2.48. The van der Waals surface area contributed by atoms with E-state index in [0.29, 0.717) is 5.92 Å². The van der Waals surface area contributed by atoms with Crippen molar-refractivity contribution in [3.05, 3.63) is 34.9 Å². The van der Waals surface area contributed by atoms with E-state index in [1.807, 2.05) is 30.0 Å². The molecule has 0 spiro atoms. The van der Waals surface area contributed by atoms with Crippen molar-refractivity contribution in [2.45, 2.75) is 32.2 Å². The van der Waals surface area contributed by atoms with Crippen LogP contribution in [0.5, 0.6) is 0 Å². The van der Waals surface area contributed by atoms with Crippen molar-refractivity contribution >= 4 is 5.91 Å². The molecule has 1 saturated heterocycles. The molecule has 0 unspecified atom stereocenters. The zero-order valence-corrected chi connectivity index (χ0v) is 11.1. The molecule has 18 heavy (non-hydrogen) atoms. The number of carbonyl (C=O) groups excluding carboxylic acids is 1. The summed E-state index contributed by atoms with van der Waals surface area (Å²) < 4.78 is 0. The van der Waals surface area contributed by atoms with E-state index >= 15 is 0 Å². The van der Waals surface area contributed by atoms with Crippen LogP contribution < -0.4 is 5.73 Å². The van der Waals surface area contributed by atoms with Crippen molar-refractivity contribution < 1.29 is 4.79 Å². The molecule has 1 saturated carbocycles. The van der Waals surface area contributed by atoms with Crippen LogP contribution >= 0.6 is 0 Å². The van der Waals surface area contributed by atoms with Crippen molar-refractivity contribution in [2.24, 2.45) is 11.7 Å². The number of likely N-dealkylation sites (tertiary alicyclic amines) is 1. The van der Waals surface area contributed by atoms with Crippen LogP contribution in [0.25, 0.3) is 0 Å². The summed E-state index contributed by atoms with van der Waals surface area (Å²) in [7, 11) is 0. The summed E-state index contributed by atoms with van der Waals surface area (Å²) in [5, 5.41) is 0. The van der Waals surface area contributed by atoms with E-state index in [1.54, 1.807) is 0 Å². The molecule has 0 atom stereocenters. The molecule has 1 aliphatic carbocycles. The summed E-state index contributed by atoms with van der Waals surface area (Å²) in [6.45, 7) is 5.55. The molecule has 0 bridgehead atoms. The van der Waals surface area contributed by atoms with Gasteiger partial charge in [0, 0.05) is 18.7 Å². The van der Waals surface area contributed by atoms with Gasteiger partial charge in [0.1, 0.15) is 0 Å². The maximum absolute atomic E-state index is 12.3. The summed E-state index contributed by atoms with van der Waals surface area (Å²) >= 11 is 0. The molecular weight excluding hydrogens is 224 g/mol. The number of rotatable bonds is 2. The highest BCUT2D eigenvalue weighted by atomic mass is 16.2. The minimum Gasteiger partial charge on any atom is -0.335 e. The Kier molecular flexibility index (Phi) is 2.49. The first-order chi connectivity index (χ1) is 8.49. The first kappa shape index (κ1) is 11.7. The van der Waals surface area contributed by atoms with Crippen LogP contribution in [-0.4, -0.2) is 29.4 Å². The molecule has 1 aromatic carbocycles. The highest BCUT2D eigenvalue weighted by Gasteiger charge is 2.51. The van der Waals surface area contributed by atoms with Crippen LogP contribution in [0.1, 0.15) is 34.3 Å². The lowest BCUT2D eigenvalue weighted by molar-refractivity contribution is 0.0350. The number of benzene rings is 1. The average molecular weight is 244 g/mol. The number of carbonyl (C=O) groups is 1. The molecule has 96 valence electrons. The molecule has 0 aromatic heterocycles. The predicted octanol–water partition coefficient (Wildman–Crippen LogP) is 1.87. The quantitative estimate of drug-likeness (QED) is 0.863. The molecule has 1 heterocycles. The maximum atomic E-state index is 12.3. The third kappa shape index (κ3) is 1.83. The third-order valence-electron chi connectivity index (χ3n) is 4.40. The number of hydrogen-bond acceptors (Lipinski definition) is 2. The molecule has 3 nitrogen and oxygen atoms in total. The molecule has 2 aliphatic rings. The molecule has 3 rings (SSSR count). The second-order valence-electron chi connectivity index (χ2n) is 5.97. The SMILES string of the molecule is Cc1ccc(C(=O)N2CC(N)(C3CC3)C2)cc1C. The molecule has 0 radical (unpaired) electrons. The van der Waals surface area contributed by atoms with Crippen molar-refractivity contribution in [1.82, 2.24) is 4.90 Å². The minimum absolute atomic E-state index is 0.0879. The first-order valence-electron chi connectivity index (χ1n) is 6.65. The fourth-order valence-corrected chi connectivity index (χ4v) is 2.78. The number of hydrogen-bond donors (Lipinski definition) is 1. The van der Waals surface area contributed by atoms with Gasteiger partial charge in [-0.05, 0) is 55.9 Å². The summed E-state index contributed by atoms with van der Waals surface area (Å²) in [5.41, 5.74) is 9.37. The molecule has 1 amide bonds. The fourth-order valence-electron chi connectivity index (χ4n) is 2.78. The number of nitrogens with zero attached hydrogens (tertiary/aromatic N) is 1. The second kappa shape index (κ2) is 3.82. The van der Waals surface area contributed by atoms with Crippen molar-refractivity contribution in [1.29, 1.82) is 0 Å². The van der Waals surface area contributed by atoms with Gasteiger partial charge in [-0.2, -0.15) is 0 Å². The Morgan fingerprint density at radius 3 is 2.50 bits per heavy atom. The molecule has 2 fully saturated rings. The summed E-state index contributed by atoms with van der Waals surface area (Å²) in [5.74, 6) is 0.779. The van der Waals surface area contributed by atoms with Gasteiger partial charge in [-0.1, -0.05) is 6.07 Å². The zero-order valence-electron chi connectivity index (χ0n) is 11.1. The Labute approximate surface area is 108 Å². The lowest BCUT2D eigenvalue weighted by atomic mass is 9.85. The Balaban J connectivity index is 1.70. The van der Waals surface area contributed by atoms with Gasteiger partial charge in [0.05, 0.1) is 5.54 Å². The standard InChI is InChI=1S/C15H20N2O/c1-10-3-4-12(7-11(10)2)14(18)17-8-15(16,9-17)13-5-6-13/h3-4,7,13H,5-6,8-9,16H2,1-2H3. The van der Waals surface area contributed by atoms with Gasteiger partial charge < -0.3 is 10.6 Å². The van der Waals surface area contributed by atoms with Crippen molar-refractivity contribution in [2.75, 3.05) is 13.1 Å². The van der Waals surface area contributed by atoms with Gasteiger partial charge in [0.15, 0.2) is 0 Å². The van der Waals surface area contributed by atoms with Gasteiger partial charge in [0.25, 0.3) is 5.91 Å². The highest BCUT2D eigenvalue weighted by molar-refractivity contribution is 5.95. The predicted molar refractivity (Wildman–Crippen MR) is 71.5 cm³/mol. The van der Waals surface area contributed by atoms with E-state index < -0.39 is 0 Å². The topological polar surface area (TPSA) is 46.3 Å². The molecule has 1 aromatic rings. The van der Waals surface area contributed by atoms with Gasteiger partial charge in [-0.15, -0.1) is 0 Å². The zero-order chi connectivity index (χ0) is 12.9. The second-order valence-corrected chi connectivity index (χ2v) is 5.97. The molecule has 2 N–H and O–H groups in total. The maximum Gasteiger partial charge on any atom is 0.253 e. The first-order valence-corrected chi connectivity index (χ1v) is 6.65. The lowest BCUT2D eigenvalue weighted by Crippen LogP contribution is -2.69. The Morgan fingerprint density at radius 1 is 1.28 bits per heavy atom. The molecular formula is C15H20N2O. The average Bonchev–Trinajstić information content (AvgIpc) is 3.12. The smallest absolute Gasteiger partial charge is 0.253 e. The normalized spacial score (nSPS) is 21.6. The lowest BCUT2D eigenvalue weighted by Gasteiger charge is -2.48. The van der Waals surface area contributed by atoms with E-state index in [4.69, 9.17) is 5.73 Å². The Hall–Kier alpha value is -1.35. The van der Waals surface area contributed by atoms with Gasteiger partial charge in [-0.25, -0.2) is 0 Å². The summed E-state index contributed by atoms with van der Waals surface area (Å²) in [4.78, 5) is 14.2. The molecule has 1 aliphatic heterocycles. The van der Waals surface area contributed by atoms with Gasteiger partial charge in [0.2, 0.25) is 0 Å². The van der Waals surface area contributed by atoms with E-state index in [0.717, 1.165) is 18.7 Å². The van der Waals surface area contributed by atoms with Gasteiger partial charge >= 0.3 is 0 Å². The van der Waals surface area contributed by atoms with E-state index in [-0.39, 0.29) is 11.4 Å². The third-order valence-corrected chi connectivity index (χ3v) is 4.40. The van der Waals surface area contributed by atoms with Gasteiger partial charge in [-0.3, -0.25) is 4.79 Å². The van der Waals surface area contributed by atoms with Crippen LogP contribution in [0, 0.1) is 19.8 Å². The van der Waals surface area contributed by atoms with E-state index in [1.165, 1.54) is 24.0 Å². The van der Waals surface area contributed by atoms with Crippen LogP contribution in [0.4, 0.5) is 0 Å². The summed E-state index contributed by atoms with van der Waals surface area (Å²) in [6, 6.07) is 5.91. The number of amides is 1. The van der Waals surface area contributed by atoms with Crippen LogP contribution in [0.15, 0.2) is 18.2 Å². The van der Waals surface area contributed by atoms with Crippen LogP contribution in [0.3, 0.4) is 0 Å². The Morgan fingerprint density at radius 2 is 1.94 bits per heavy atom. The van der Waals surface area contributed by atoms with Crippen molar-refractivity contribution in [3.8, 4) is 0 Å². The van der Waals surface area contributed by atoms with Crippen LogP contribution in [0.2, 0.25) is 0 Å². The van der Waals surface area contributed by atoms with E-state index in [9.17, 15) is 4.79 Å². The monoisotopic (exact) mass is 244 g/mol. The fraction of sp³-hybridized carbons (Fsp3) is 0.533. The number of aryl methyl sites for hydroxylation is 2. The Bertz CT molecular complexity index is 499.